The van der Waals surface area contributed by atoms with E-state index in [4.69, 9.17) is 23.2 Å². The van der Waals surface area contributed by atoms with Crippen LogP contribution in [0.25, 0.3) is 6.08 Å². The van der Waals surface area contributed by atoms with Crippen molar-refractivity contribution in [2.45, 2.75) is 19.3 Å². The largest absolute Gasteiger partial charge is 0.289 e. The van der Waals surface area contributed by atoms with Crippen molar-refractivity contribution < 1.29 is 4.79 Å². The minimum absolute atomic E-state index is 0.0825. The van der Waals surface area contributed by atoms with Crippen molar-refractivity contribution in [3.63, 3.8) is 0 Å². The van der Waals surface area contributed by atoms with Gasteiger partial charge in [-0.15, -0.1) is 0 Å². The molecule has 0 heterocycles. The zero-order valence-electron chi connectivity index (χ0n) is 11.4. The number of hydrogen-bond donors (Lipinski definition) is 0. The smallest absolute Gasteiger partial charge is 0.189 e. The summed E-state index contributed by atoms with van der Waals surface area (Å²) < 4.78 is 0. The lowest BCUT2D eigenvalue weighted by Gasteiger charge is -2.07. The fourth-order valence-corrected chi connectivity index (χ4v) is 3.18. The number of fused-ring (bicyclic) bond motifs is 1. The third kappa shape index (κ3) is 2.90. The Balaban J connectivity index is 2.07. The Morgan fingerprint density at radius 2 is 1.62 bits per heavy atom. The molecule has 3 rings (SSSR count). The third-order valence-corrected chi connectivity index (χ3v) is 4.42. The van der Waals surface area contributed by atoms with Crippen molar-refractivity contribution in [3.05, 3.63) is 74.8 Å². The molecule has 0 aromatic heterocycles. The summed E-state index contributed by atoms with van der Waals surface area (Å²) >= 11 is 12.4. The van der Waals surface area contributed by atoms with Crippen LogP contribution in [0.1, 0.15) is 34.3 Å². The number of aryl methyl sites for hydroxylation is 1. The highest BCUT2D eigenvalue weighted by Crippen LogP contribution is 2.30. The van der Waals surface area contributed by atoms with E-state index in [1.165, 1.54) is 0 Å². The maximum Gasteiger partial charge on any atom is 0.189 e. The van der Waals surface area contributed by atoms with Crippen molar-refractivity contribution in [2.75, 3.05) is 0 Å². The lowest BCUT2D eigenvalue weighted by atomic mass is 9.98. The van der Waals surface area contributed by atoms with E-state index in [2.05, 4.69) is 0 Å². The monoisotopic (exact) mass is 316 g/mol. The average molecular weight is 317 g/mol. The number of Topliss-reactive ketones (excluding diaryl/α,β-unsaturated/α-hetero) is 1. The van der Waals surface area contributed by atoms with Crippen LogP contribution in [0, 0.1) is 0 Å². The van der Waals surface area contributed by atoms with Crippen LogP contribution in [-0.4, -0.2) is 5.78 Å². The minimum Gasteiger partial charge on any atom is -0.289 e. The van der Waals surface area contributed by atoms with Crippen molar-refractivity contribution in [1.29, 1.82) is 0 Å². The highest BCUT2D eigenvalue weighted by Gasteiger charge is 2.20. The predicted octanol–water partition coefficient (Wildman–Crippen LogP) is 5.60. The van der Waals surface area contributed by atoms with Crippen LogP contribution in [0.2, 0.25) is 10.0 Å². The van der Waals surface area contributed by atoms with Crippen LogP contribution < -0.4 is 0 Å². The fourth-order valence-electron chi connectivity index (χ4n) is 2.68. The molecule has 0 bridgehead atoms. The normalized spacial score (nSPS) is 16.7. The number of allylic oxidation sites excluding steroid dienone is 1. The summed E-state index contributed by atoms with van der Waals surface area (Å²) in [6.45, 7) is 0. The van der Waals surface area contributed by atoms with E-state index in [0.29, 0.717) is 10.0 Å². The molecule has 0 unspecified atom stereocenters. The molecule has 0 saturated carbocycles. The number of halogens is 2. The van der Waals surface area contributed by atoms with Crippen LogP contribution in [0.3, 0.4) is 0 Å². The van der Waals surface area contributed by atoms with E-state index in [0.717, 1.165) is 41.5 Å². The van der Waals surface area contributed by atoms with Crippen molar-refractivity contribution in [3.8, 4) is 0 Å². The molecule has 0 spiro atoms. The molecule has 2 aromatic rings. The van der Waals surface area contributed by atoms with Gasteiger partial charge in [-0.1, -0.05) is 53.5 Å². The Morgan fingerprint density at radius 3 is 2.38 bits per heavy atom. The Kier molecular flexibility index (Phi) is 4.14. The molecule has 1 aliphatic carbocycles. The first-order valence-electron chi connectivity index (χ1n) is 6.94. The molecule has 0 N–H and O–H groups in total. The Bertz CT molecular complexity index is 711. The highest BCUT2D eigenvalue weighted by molar-refractivity contribution is 6.37. The van der Waals surface area contributed by atoms with Crippen LogP contribution >= 0.6 is 23.2 Å². The van der Waals surface area contributed by atoms with Gasteiger partial charge in [0.1, 0.15) is 0 Å². The number of rotatable bonds is 1. The quantitative estimate of drug-likeness (QED) is 0.494. The summed E-state index contributed by atoms with van der Waals surface area (Å²) in [4.78, 5) is 12.7. The van der Waals surface area contributed by atoms with E-state index < -0.39 is 0 Å². The highest BCUT2D eigenvalue weighted by atomic mass is 35.5. The molecule has 2 aromatic carbocycles. The second-order valence-corrected chi connectivity index (χ2v) is 5.96. The van der Waals surface area contributed by atoms with Gasteiger partial charge in [0.2, 0.25) is 0 Å². The summed E-state index contributed by atoms with van der Waals surface area (Å²) in [5.41, 5.74) is 3.42. The average Bonchev–Trinajstić information content (AvgIpc) is 2.63. The Labute approximate surface area is 134 Å². The van der Waals surface area contributed by atoms with E-state index in [1.807, 2.05) is 30.3 Å². The van der Waals surface area contributed by atoms with Crippen molar-refractivity contribution in [2.24, 2.45) is 0 Å². The topological polar surface area (TPSA) is 17.1 Å². The van der Waals surface area contributed by atoms with Gasteiger partial charge in [-0.05, 0) is 43.0 Å². The Morgan fingerprint density at radius 1 is 0.905 bits per heavy atom. The number of carbonyl (C=O) groups is 1. The Hall–Kier alpha value is -1.57. The molecular formula is C18H14Cl2O. The molecule has 3 heteroatoms. The van der Waals surface area contributed by atoms with Gasteiger partial charge < -0.3 is 0 Å². The molecule has 0 radical (unpaired) electrons. The molecule has 0 saturated heterocycles. The summed E-state index contributed by atoms with van der Waals surface area (Å²) in [6, 6.07) is 13.2. The van der Waals surface area contributed by atoms with Gasteiger partial charge >= 0.3 is 0 Å². The number of hydrogen-bond acceptors (Lipinski definition) is 1. The maximum atomic E-state index is 12.7. The van der Waals surface area contributed by atoms with Crippen molar-refractivity contribution >= 4 is 35.1 Å². The van der Waals surface area contributed by atoms with E-state index in [1.54, 1.807) is 18.2 Å². The molecule has 0 fully saturated rings. The van der Waals surface area contributed by atoms with Gasteiger partial charge in [-0.3, -0.25) is 4.79 Å². The molecule has 1 nitrogen and oxygen atoms in total. The van der Waals surface area contributed by atoms with Crippen LogP contribution in [-0.2, 0) is 6.42 Å². The van der Waals surface area contributed by atoms with E-state index >= 15 is 0 Å². The first kappa shape index (κ1) is 14.4. The number of ketones is 1. The van der Waals surface area contributed by atoms with Gasteiger partial charge in [-0.2, -0.15) is 0 Å². The molecule has 21 heavy (non-hydrogen) atoms. The lowest BCUT2D eigenvalue weighted by Crippen LogP contribution is -2.03. The molecule has 0 aliphatic heterocycles. The summed E-state index contributed by atoms with van der Waals surface area (Å²) in [5, 5.41) is 1.14. The molecule has 106 valence electrons. The summed E-state index contributed by atoms with van der Waals surface area (Å²) in [7, 11) is 0. The van der Waals surface area contributed by atoms with Crippen LogP contribution in [0.5, 0.6) is 0 Å². The number of benzene rings is 2. The van der Waals surface area contributed by atoms with Gasteiger partial charge in [0.15, 0.2) is 5.78 Å². The van der Waals surface area contributed by atoms with Crippen LogP contribution in [0.15, 0.2) is 48.0 Å². The lowest BCUT2D eigenvalue weighted by molar-refractivity contribution is 0.103. The van der Waals surface area contributed by atoms with Gasteiger partial charge in [0.05, 0.1) is 0 Å². The summed E-state index contributed by atoms with van der Waals surface area (Å²) in [5.74, 6) is 0.0825. The first-order valence-corrected chi connectivity index (χ1v) is 7.69. The predicted molar refractivity (Wildman–Crippen MR) is 88.1 cm³/mol. The molecule has 0 amide bonds. The fraction of sp³-hybridized carbons (Fsp3) is 0.167. The van der Waals surface area contributed by atoms with Gasteiger partial charge in [0.25, 0.3) is 0 Å². The second-order valence-electron chi connectivity index (χ2n) is 5.14. The molecule has 0 atom stereocenters. The maximum absolute atomic E-state index is 12.7. The standard InChI is InChI=1S/C18H14Cl2O/c19-16-9-4-10-17(20)15(16)11-13-7-3-6-12-5-1-2-8-14(12)18(13)21/h1-2,4-5,8-11H,3,6-7H2/b13-11+. The summed E-state index contributed by atoms with van der Waals surface area (Å²) in [6.07, 6.45) is 4.47. The van der Waals surface area contributed by atoms with E-state index in [-0.39, 0.29) is 5.78 Å². The van der Waals surface area contributed by atoms with Gasteiger partial charge in [-0.25, -0.2) is 0 Å². The number of carbonyl (C=O) groups excluding carboxylic acids is 1. The zero-order valence-corrected chi connectivity index (χ0v) is 12.9. The van der Waals surface area contributed by atoms with E-state index in [9.17, 15) is 4.79 Å². The van der Waals surface area contributed by atoms with Crippen LogP contribution in [0.4, 0.5) is 0 Å². The third-order valence-electron chi connectivity index (χ3n) is 3.76. The van der Waals surface area contributed by atoms with Gasteiger partial charge in [0, 0.05) is 26.7 Å². The van der Waals surface area contributed by atoms with Crippen molar-refractivity contribution in [1.82, 2.24) is 0 Å². The minimum atomic E-state index is 0.0825. The molecular weight excluding hydrogens is 303 g/mol. The second kappa shape index (κ2) is 6.05. The molecule has 1 aliphatic rings. The SMILES string of the molecule is O=C1/C(=C/c2c(Cl)cccc2Cl)CCCc2ccccc21. The first-order chi connectivity index (χ1) is 10.2. The zero-order chi connectivity index (χ0) is 14.8.